The Morgan fingerprint density at radius 1 is 1.44 bits per heavy atom. The van der Waals surface area contributed by atoms with Gasteiger partial charge in [0.2, 0.25) is 5.91 Å². The van der Waals surface area contributed by atoms with Crippen LogP contribution in [0.15, 0.2) is 12.7 Å². The summed E-state index contributed by atoms with van der Waals surface area (Å²) in [5.41, 5.74) is 5.57. The second-order valence-corrected chi connectivity index (χ2v) is 5.17. The van der Waals surface area contributed by atoms with E-state index >= 15 is 0 Å². The Bertz CT molecular complexity index is 252. The molecule has 0 bridgehead atoms. The molecule has 0 radical (unpaired) electrons. The lowest BCUT2D eigenvalue weighted by molar-refractivity contribution is -0.134. The minimum Gasteiger partial charge on any atom is -0.338 e. The van der Waals surface area contributed by atoms with Crippen molar-refractivity contribution < 1.29 is 4.79 Å². The number of halogens is 1. The zero-order valence-corrected chi connectivity index (χ0v) is 12.3. The lowest BCUT2D eigenvalue weighted by Gasteiger charge is -2.30. The van der Waals surface area contributed by atoms with Crippen LogP contribution in [0.4, 0.5) is 0 Å². The lowest BCUT2D eigenvalue weighted by atomic mass is 9.88. The van der Waals surface area contributed by atoms with Crippen LogP contribution in [0.25, 0.3) is 0 Å². The van der Waals surface area contributed by atoms with Gasteiger partial charge in [0, 0.05) is 25.6 Å². The fourth-order valence-electron chi connectivity index (χ4n) is 2.50. The molecule has 0 spiro atoms. The van der Waals surface area contributed by atoms with Crippen molar-refractivity contribution in [3.05, 3.63) is 12.7 Å². The van der Waals surface area contributed by atoms with Crippen molar-refractivity contribution in [1.82, 2.24) is 4.90 Å². The number of hydrogen-bond donors (Lipinski definition) is 1. The number of nitrogens with two attached hydrogens (primary N) is 1. The Morgan fingerprint density at radius 2 is 2.06 bits per heavy atom. The first kappa shape index (κ1) is 17.5. The molecule has 1 fully saturated rings. The molecule has 1 aliphatic carbocycles. The fourth-order valence-corrected chi connectivity index (χ4v) is 2.50. The molecule has 1 amide bonds. The number of rotatable bonds is 6. The van der Waals surface area contributed by atoms with E-state index in [9.17, 15) is 4.79 Å². The average Bonchev–Trinajstić information content (AvgIpc) is 2.37. The Labute approximate surface area is 117 Å². The van der Waals surface area contributed by atoms with Crippen LogP contribution in [-0.2, 0) is 4.79 Å². The van der Waals surface area contributed by atoms with Gasteiger partial charge < -0.3 is 10.6 Å². The van der Waals surface area contributed by atoms with Crippen LogP contribution in [0, 0.1) is 11.8 Å². The molecule has 3 nitrogen and oxygen atoms in total. The maximum atomic E-state index is 12.1. The van der Waals surface area contributed by atoms with Gasteiger partial charge in [-0.05, 0) is 18.8 Å². The van der Waals surface area contributed by atoms with Crippen LogP contribution in [-0.4, -0.2) is 30.4 Å². The summed E-state index contributed by atoms with van der Waals surface area (Å²) >= 11 is 0. The van der Waals surface area contributed by atoms with Crippen LogP contribution in [0.2, 0.25) is 0 Å². The third-order valence-electron chi connectivity index (χ3n) is 3.64. The maximum absolute atomic E-state index is 12.1. The standard InChI is InChI=1S/C14H26N2O.ClH/c1-3-9-16(14(17)12(2)10-15)11-13-7-5-4-6-8-13;/h3,12-13H,1,4-11,15H2,2H3;1H. The molecule has 0 saturated heterocycles. The van der Waals surface area contributed by atoms with Crippen LogP contribution in [0.3, 0.4) is 0 Å². The van der Waals surface area contributed by atoms with Crippen molar-refractivity contribution in [2.75, 3.05) is 19.6 Å². The molecular weight excluding hydrogens is 248 g/mol. The number of carbonyl (C=O) groups is 1. The van der Waals surface area contributed by atoms with Gasteiger partial charge in [0.05, 0.1) is 0 Å². The van der Waals surface area contributed by atoms with Crippen molar-refractivity contribution >= 4 is 18.3 Å². The summed E-state index contributed by atoms with van der Waals surface area (Å²) in [6, 6.07) is 0. The van der Waals surface area contributed by atoms with E-state index in [1.165, 1.54) is 32.1 Å². The summed E-state index contributed by atoms with van der Waals surface area (Å²) in [6.07, 6.45) is 8.31. The van der Waals surface area contributed by atoms with E-state index in [1.54, 1.807) is 0 Å². The Morgan fingerprint density at radius 3 is 2.56 bits per heavy atom. The Kier molecular flexibility index (Phi) is 9.12. The maximum Gasteiger partial charge on any atom is 0.226 e. The zero-order chi connectivity index (χ0) is 12.7. The van der Waals surface area contributed by atoms with E-state index < -0.39 is 0 Å². The minimum atomic E-state index is -0.0708. The minimum absolute atomic E-state index is 0. The molecule has 1 unspecified atom stereocenters. The van der Waals surface area contributed by atoms with Crippen molar-refractivity contribution in [2.45, 2.75) is 39.0 Å². The van der Waals surface area contributed by atoms with Gasteiger partial charge in [0.15, 0.2) is 0 Å². The molecule has 2 N–H and O–H groups in total. The van der Waals surface area contributed by atoms with Gasteiger partial charge in [-0.2, -0.15) is 0 Å². The first-order valence-corrected chi connectivity index (χ1v) is 6.78. The van der Waals surface area contributed by atoms with E-state index in [0.29, 0.717) is 19.0 Å². The summed E-state index contributed by atoms with van der Waals surface area (Å²) in [5, 5.41) is 0. The molecule has 106 valence electrons. The largest absolute Gasteiger partial charge is 0.338 e. The number of amides is 1. The predicted octanol–water partition coefficient (Wildman–Crippen LogP) is 2.60. The lowest BCUT2D eigenvalue weighted by Crippen LogP contribution is -2.41. The van der Waals surface area contributed by atoms with Crippen LogP contribution < -0.4 is 5.73 Å². The molecule has 1 atom stereocenters. The van der Waals surface area contributed by atoms with Crippen molar-refractivity contribution in [3.8, 4) is 0 Å². The highest BCUT2D eigenvalue weighted by Crippen LogP contribution is 2.24. The second kappa shape index (κ2) is 9.40. The highest BCUT2D eigenvalue weighted by Gasteiger charge is 2.22. The molecule has 0 heterocycles. The van der Waals surface area contributed by atoms with Crippen LogP contribution in [0.5, 0.6) is 0 Å². The summed E-state index contributed by atoms with van der Waals surface area (Å²) in [6.45, 7) is 7.60. The second-order valence-electron chi connectivity index (χ2n) is 5.17. The quantitative estimate of drug-likeness (QED) is 0.757. The monoisotopic (exact) mass is 274 g/mol. The van der Waals surface area contributed by atoms with Crippen LogP contribution in [0.1, 0.15) is 39.0 Å². The number of carbonyl (C=O) groups excluding carboxylic acids is 1. The van der Waals surface area contributed by atoms with Crippen molar-refractivity contribution in [2.24, 2.45) is 17.6 Å². The molecular formula is C14H27ClN2O. The van der Waals surface area contributed by atoms with Gasteiger partial charge in [-0.3, -0.25) is 4.79 Å². The third kappa shape index (κ3) is 5.40. The van der Waals surface area contributed by atoms with E-state index in [0.717, 1.165) is 6.54 Å². The van der Waals surface area contributed by atoms with Crippen molar-refractivity contribution in [3.63, 3.8) is 0 Å². The summed E-state index contributed by atoms with van der Waals surface area (Å²) < 4.78 is 0. The van der Waals surface area contributed by atoms with E-state index in [1.807, 2.05) is 17.9 Å². The topological polar surface area (TPSA) is 46.3 Å². The van der Waals surface area contributed by atoms with Gasteiger partial charge in [-0.25, -0.2) is 0 Å². The van der Waals surface area contributed by atoms with Crippen molar-refractivity contribution in [1.29, 1.82) is 0 Å². The molecule has 0 aromatic carbocycles. The summed E-state index contributed by atoms with van der Waals surface area (Å²) in [7, 11) is 0. The average molecular weight is 275 g/mol. The smallest absolute Gasteiger partial charge is 0.226 e. The van der Waals surface area contributed by atoms with Gasteiger partial charge in [0.25, 0.3) is 0 Å². The molecule has 0 aromatic rings. The number of nitrogens with zero attached hydrogens (tertiary/aromatic N) is 1. The molecule has 1 aliphatic rings. The van der Waals surface area contributed by atoms with Crippen LogP contribution >= 0.6 is 12.4 Å². The third-order valence-corrected chi connectivity index (χ3v) is 3.64. The van der Waals surface area contributed by atoms with Gasteiger partial charge in [-0.1, -0.05) is 32.3 Å². The summed E-state index contributed by atoms with van der Waals surface area (Å²) in [5.74, 6) is 0.786. The SMILES string of the molecule is C=CCN(CC1CCCCC1)C(=O)C(C)CN.Cl. The molecule has 4 heteroatoms. The van der Waals surface area contributed by atoms with Gasteiger partial charge >= 0.3 is 0 Å². The Balaban J connectivity index is 0.00000289. The highest BCUT2D eigenvalue weighted by molar-refractivity contribution is 5.85. The molecule has 0 aromatic heterocycles. The summed E-state index contributed by atoms with van der Waals surface area (Å²) in [4.78, 5) is 14.1. The zero-order valence-electron chi connectivity index (χ0n) is 11.4. The van der Waals surface area contributed by atoms with Gasteiger partial charge in [-0.15, -0.1) is 19.0 Å². The molecule has 0 aliphatic heterocycles. The molecule has 18 heavy (non-hydrogen) atoms. The van der Waals surface area contributed by atoms with E-state index in [-0.39, 0.29) is 24.2 Å². The first-order chi connectivity index (χ1) is 8.19. The van der Waals surface area contributed by atoms with Gasteiger partial charge in [0.1, 0.15) is 0 Å². The molecule has 1 saturated carbocycles. The highest BCUT2D eigenvalue weighted by atomic mass is 35.5. The van der Waals surface area contributed by atoms with E-state index in [4.69, 9.17) is 5.73 Å². The Hall–Kier alpha value is -0.540. The normalized spacial score (nSPS) is 17.7. The molecule has 1 rings (SSSR count). The predicted molar refractivity (Wildman–Crippen MR) is 78.8 cm³/mol. The number of hydrogen-bond acceptors (Lipinski definition) is 2. The first-order valence-electron chi connectivity index (χ1n) is 6.78. The fraction of sp³-hybridized carbons (Fsp3) is 0.786. The van der Waals surface area contributed by atoms with E-state index in [2.05, 4.69) is 6.58 Å².